The van der Waals surface area contributed by atoms with Crippen LogP contribution in [0.2, 0.25) is 0 Å². The number of thiophene rings is 1. The van der Waals surface area contributed by atoms with Crippen molar-refractivity contribution in [3.05, 3.63) is 35.2 Å². The van der Waals surface area contributed by atoms with Crippen LogP contribution in [-0.4, -0.2) is 36.5 Å². The molecule has 3 rings (SSSR count). The molecule has 0 bridgehead atoms. The number of rotatable bonds is 1. The average Bonchev–Trinajstić information content (AvgIpc) is 2.82. The SMILES string of the molecule is CC1CN(C(=O)c2csc3ccccc23)CCN1. The van der Waals surface area contributed by atoms with E-state index in [0.29, 0.717) is 6.04 Å². The number of nitrogens with one attached hydrogen (secondary N) is 1. The van der Waals surface area contributed by atoms with E-state index < -0.39 is 0 Å². The first-order chi connectivity index (χ1) is 8.75. The zero-order valence-electron chi connectivity index (χ0n) is 10.3. The summed E-state index contributed by atoms with van der Waals surface area (Å²) in [4.78, 5) is 14.5. The smallest absolute Gasteiger partial charge is 0.255 e. The maximum Gasteiger partial charge on any atom is 0.255 e. The summed E-state index contributed by atoms with van der Waals surface area (Å²) in [5, 5.41) is 6.43. The molecule has 1 saturated heterocycles. The molecule has 1 aromatic carbocycles. The van der Waals surface area contributed by atoms with E-state index in [-0.39, 0.29) is 5.91 Å². The Kier molecular flexibility index (Phi) is 3.06. The largest absolute Gasteiger partial charge is 0.336 e. The van der Waals surface area contributed by atoms with Gasteiger partial charge in [-0.15, -0.1) is 11.3 Å². The molecule has 1 atom stereocenters. The topological polar surface area (TPSA) is 32.3 Å². The Bertz CT molecular complexity index is 578. The zero-order valence-corrected chi connectivity index (χ0v) is 11.2. The van der Waals surface area contributed by atoms with Gasteiger partial charge in [-0.05, 0) is 13.0 Å². The number of carbonyl (C=O) groups excluding carboxylic acids is 1. The second-order valence-corrected chi connectivity index (χ2v) is 5.66. The number of piperazine rings is 1. The van der Waals surface area contributed by atoms with E-state index in [0.717, 1.165) is 30.6 Å². The third-order valence-corrected chi connectivity index (χ3v) is 4.33. The molecule has 4 heteroatoms. The minimum absolute atomic E-state index is 0.167. The molecule has 1 amide bonds. The van der Waals surface area contributed by atoms with E-state index in [1.807, 2.05) is 28.5 Å². The van der Waals surface area contributed by atoms with E-state index in [2.05, 4.69) is 18.3 Å². The standard InChI is InChI=1S/C14H16N2OS/c1-10-8-16(7-6-15-10)14(17)12-9-18-13-5-3-2-4-11(12)13/h2-5,9-10,15H,6-8H2,1H3. The van der Waals surface area contributed by atoms with Crippen molar-refractivity contribution in [2.45, 2.75) is 13.0 Å². The first-order valence-electron chi connectivity index (χ1n) is 6.24. The van der Waals surface area contributed by atoms with E-state index in [1.54, 1.807) is 11.3 Å². The fourth-order valence-electron chi connectivity index (χ4n) is 2.43. The highest BCUT2D eigenvalue weighted by Gasteiger charge is 2.23. The molecular weight excluding hydrogens is 244 g/mol. The summed E-state index contributed by atoms with van der Waals surface area (Å²) in [6.07, 6.45) is 0. The Morgan fingerprint density at radius 1 is 1.44 bits per heavy atom. The van der Waals surface area contributed by atoms with Gasteiger partial charge in [0.2, 0.25) is 0 Å². The summed E-state index contributed by atoms with van der Waals surface area (Å²) in [5.41, 5.74) is 0.852. The fourth-order valence-corrected chi connectivity index (χ4v) is 3.37. The van der Waals surface area contributed by atoms with E-state index in [1.165, 1.54) is 4.70 Å². The summed E-state index contributed by atoms with van der Waals surface area (Å²) in [6, 6.07) is 8.49. The van der Waals surface area contributed by atoms with Gasteiger partial charge in [-0.1, -0.05) is 18.2 Å². The Morgan fingerprint density at radius 2 is 2.28 bits per heavy atom. The Hall–Kier alpha value is -1.39. The molecule has 1 N–H and O–H groups in total. The molecule has 0 aliphatic carbocycles. The minimum atomic E-state index is 0.167. The number of nitrogens with zero attached hydrogens (tertiary/aromatic N) is 1. The van der Waals surface area contributed by atoms with Gasteiger partial charge in [-0.2, -0.15) is 0 Å². The highest BCUT2D eigenvalue weighted by atomic mass is 32.1. The average molecular weight is 260 g/mol. The zero-order chi connectivity index (χ0) is 12.5. The first kappa shape index (κ1) is 11.7. The maximum absolute atomic E-state index is 12.5. The predicted molar refractivity (Wildman–Crippen MR) is 75.2 cm³/mol. The van der Waals surface area contributed by atoms with Crippen LogP contribution >= 0.6 is 11.3 Å². The van der Waals surface area contributed by atoms with E-state index in [4.69, 9.17) is 0 Å². The van der Waals surface area contributed by atoms with Crippen LogP contribution in [-0.2, 0) is 0 Å². The van der Waals surface area contributed by atoms with Crippen LogP contribution < -0.4 is 5.32 Å². The van der Waals surface area contributed by atoms with Gasteiger partial charge in [-0.3, -0.25) is 4.79 Å². The molecule has 3 nitrogen and oxygen atoms in total. The maximum atomic E-state index is 12.5. The van der Waals surface area contributed by atoms with Crippen molar-refractivity contribution in [2.24, 2.45) is 0 Å². The van der Waals surface area contributed by atoms with Gasteiger partial charge in [0.25, 0.3) is 5.91 Å². The molecule has 1 fully saturated rings. The lowest BCUT2D eigenvalue weighted by molar-refractivity contribution is 0.0711. The van der Waals surface area contributed by atoms with Gasteiger partial charge in [0.1, 0.15) is 0 Å². The van der Waals surface area contributed by atoms with Gasteiger partial charge >= 0.3 is 0 Å². The normalized spacial score (nSPS) is 20.3. The molecular formula is C14H16N2OS. The quantitative estimate of drug-likeness (QED) is 0.853. The summed E-state index contributed by atoms with van der Waals surface area (Å²) in [7, 11) is 0. The first-order valence-corrected chi connectivity index (χ1v) is 7.12. The molecule has 0 saturated carbocycles. The molecule has 1 aliphatic heterocycles. The molecule has 2 aromatic rings. The van der Waals surface area contributed by atoms with Crippen molar-refractivity contribution in [3.8, 4) is 0 Å². The van der Waals surface area contributed by atoms with Crippen LogP contribution in [0.3, 0.4) is 0 Å². The van der Waals surface area contributed by atoms with E-state index >= 15 is 0 Å². The minimum Gasteiger partial charge on any atom is -0.336 e. The van der Waals surface area contributed by atoms with Crippen LogP contribution in [0.5, 0.6) is 0 Å². The van der Waals surface area contributed by atoms with Gasteiger partial charge in [-0.25, -0.2) is 0 Å². The number of hydrogen-bond acceptors (Lipinski definition) is 3. The van der Waals surface area contributed by atoms with E-state index in [9.17, 15) is 4.79 Å². The van der Waals surface area contributed by atoms with Gasteiger partial charge in [0.05, 0.1) is 5.56 Å². The van der Waals surface area contributed by atoms with Gasteiger partial charge < -0.3 is 10.2 Å². The summed E-state index contributed by atoms with van der Waals surface area (Å²) in [6.45, 7) is 4.59. The van der Waals surface area contributed by atoms with Crippen molar-refractivity contribution in [3.63, 3.8) is 0 Å². The third kappa shape index (κ3) is 2.02. The van der Waals surface area contributed by atoms with Crippen molar-refractivity contribution < 1.29 is 4.79 Å². The second-order valence-electron chi connectivity index (χ2n) is 4.75. The highest BCUT2D eigenvalue weighted by molar-refractivity contribution is 7.17. The number of fused-ring (bicyclic) bond motifs is 1. The number of carbonyl (C=O) groups is 1. The molecule has 1 aromatic heterocycles. The molecule has 1 aliphatic rings. The summed E-state index contributed by atoms with van der Waals surface area (Å²) < 4.78 is 1.18. The lowest BCUT2D eigenvalue weighted by atomic mass is 10.1. The number of hydrogen-bond donors (Lipinski definition) is 1. The van der Waals surface area contributed by atoms with Crippen molar-refractivity contribution in [1.82, 2.24) is 10.2 Å². The fraction of sp³-hybridized carbons (Fsp3) is 0.357. The molecule has 2 heterocycles. The lowest BCUT2D eigenvalue weighted by Crippen LogP contribution is -2.51. The Balaban J connectivity index is 1.92. The van der Waals surface area contributed by atoms with Crippen molar-refractivity contribution in [2.75, 3.05) is 19.6 Å². The highest BCUT2D eigenvalue weighted by Crippen LogP contribution is 2.26. The van der Waals surface area contributed by atoms with Crippen LogP contribution in [0.1, 0.15) is 17.3 Å². The third-order valence-electron chi connectivity index (χ3n) is 3.37. The van der Waals surface area contributed by atoms with Crippen LogP contribution in [0, 0.1) is 0 Å². The second kappa shape index (κ2) is 4.71. The molecule has 0 radical (unpaired) electrons. The summed E-state index contributed by atoms with van der Waals surface area (Å²) in [5.74, 6) is 0.167. The van der Waals surface area contributed by atoms with Gasteiger partial charge in [0, 0.05) is 41.1 Å². The van der Waals surface area contributed by atoms with Crippen molar-refractivity contribution in [1.29, 1.82) is 0 Å². The number of benzene rings is 1. The van der Waals surface area contributed by atoms with Crippen LogP contribution in [0.4, 0.5) is 0 Å². The van der Waals surface area contributed by atoms with Crippen LogP contribution in [0.25, 0.3) is 10.1 Å². The summed E-state index contributed by atoms with van der Waals surface area (Å²) >= 11 is 1.64. The molecule has 94 valence electrons. The predicted octanol–water partition coefficient (Wildman–Crippen LogP) is 2.34. The number of amides is 1. The van der Waals surface area contributed by atoms with Crippen molar-refractivity contribution >= 4 is 27.3 Å². The van der Waals surface area contributed by atoms with Crippen LogP contribution in [0.15, 0.2) is 29.6 Å². The van der Waals surface area contributed by atoms with Gasteiger partial charge in [0.15, 0.2) is 0 Å². The molecule has 18 heavy (non-hydrogen) atoms. The molecule has 1 unspecified atom stereocenters. The Labute approximate surface area is 110 Å². The Morgan fingerprint density at radius 3 is 3.11 bits per heavy atom. The molecule has 0 spiro atoms. The monoisotopic (exact) mass is 260 g/mol. The lowest BCUT2D eigenvalue weighted by Gasteiger charge is -2.31.